The normalized spacial score (nSPS) is 13.9. The summed E-state index contributed by atoms with van der Waals surface area (Å²) in [4.78, 5) is 19.4. The monoisotopic (exact) mass is 336 g/mol. The van der Waals surface area contributed by atoms with E-state index >= 15 is 0 Å². The minimum atomic E-state index is -0.128. The molecule has 104 valence electrons. The molecule has 2 heterocycles. The van der Waals surface area contributed by atoms with Gasteiger partial charge in [-0.2, -0.15) is 0 Å². The molecule has 0 amide bonds. The first-order chi connectivity index (χ1) is 9.69. The Morgan fingerprint density at radius 2 is 2.30 bits per heavy atom. The second-order valence-electron chi connectivity index (χ2n) is 4.49. The van der Waals surface area contributed by atoms with Crippen molar-refractivity contribution in [2.75, 3.05) is 13.7 Å². The standard InChI is InChI=1S/C14H13BrN2O3/c1-19-12-3-2-8(6-10(12)15)13-16-11-4-5-20-7-9(11)14(18)17-13/h2-3,6H,4-5,7H2,1H3,(H,16,17,18). The van der Waals surface area contributed by atoms with Crippen LogP contribution >= 0.6 is 15.9 Å². The summed E-state index contributed by atoms with van der Waals surface area (Å²) in [5, 5.41) is 0. The fraction of sp³-hybridized carbons (Fsp3) is 0.286. The van der Waals surface area contributed by atoms with Crippen LogP contribution in [0.2, 0.25) is 0 Å². The molecule has 1 aromatic heterocycles. The number of aromatic amines is 1. The van der Waals surface area contributed by atoms with Crippen molar-refractivity contribution in [1.82, 2.24) is 9.97 Å². The summed E-state index contributed by atoms with van der Waals surface area (Å²) in [7, 11) is 1.61. The molecule has 2 aromatic rings. The summed E-state index contributed by atoms with van der Waals surface area (Å²) in [5.74, 6) is 1.31. The molecule has 0 fully saturated rings. The van der Waals surface area contributed by atoms with Gasteiger partial charge in [0.2, 0.25) is 0 Å². The zero-order valence-corrected chi connectivity index (χ0v) is 12.5. The molecule has 1 aromatic carbocycles. The molecule has 5 nitrogen and oxygen atoms in total. The number of methoxy groups -OCH3 is 1. The number of fused-ring (bicyclic) bond motifs is 1. The summed E-state index contributed by atoms with van der Waals surface area (Å²) >= 11 is 3.43. The number of rotatable bonds is 2. The Bertz CT molecular complexity index is 712. The van der Waals surface area contributed by atoms with Gasteiger partial charge in [0.1, 0.15) is 11.6 Å². The maximum atomic E-state index is 12.1. The Balaban J connectivity index is 2.08. The quantitative estimate of drug-likeness (QED) is 0.913. The van der Waals surface area contributed by atoms with Gasteiger partial charge in [0.15, 0.2) is 0 Å². The van der Waals surface area contributed by atoms with Crippen molar-refractivity contribution in [3.63, 3.8) is 0 Å². The second kappa shape index (κ2) is 5.38. The topological polar surface area (TPSA) is 64.2 Å². The number of ether oxygens (including phenoxy) is 2. The molecular formula is C14H13BrN2O3. The molecular weight excluding hydrogens is 324 g/mol. The van der Waals surface area contributed by atoms with Crippen molar-refractivity contribution >= 4 is 15.9 Å². The van der Waals surface area contributed by atoms with Crippen molar-refractivity contribution in [1.29, 1.82) is 0 Å². The van der Waals surface area contributed by atoms with Crippen molar-refractivity contribution in [2.45, 2.75) is 13.0 Å². The Hall–Kier alpha value is -1.66. The Morgan fingerprint density at radius 1 is 1.45 bits per heavy atom. The van der Waals surface area contributed by atoms with E-state index in [0.717, 1.165) is 21.5 Å². The number of benzene rings is 1. The van der Waals surface area contributed by atoms with Gasteiger partial charge in [-0.15, -0.1) is 0 Å². The van der Waals surface area contributed by atoms with E-state index in [4.69, 9.17) is 9.47 Å². The van der Waals surface area contributed by atoms with E-state index in [0.29, 0.717) is 31.0 Å². The third-order valence-electron chi connectivity index (χ3n) is 3.26. The lowest BCUT2D eigenvalue weighted by molar-refractivity contribution is 0.108. The third-order valence-corrected chi connectivity index (χ3v) is 3.88. The van der Waals surface area contributed by atoms with E-state index in [-0.39, 0.29) is 5.56 Å². The summed E-state index contributed by atoms with van der Waals surface area (Å²) in [6.07, 6.45) is 0.670. The average Bonchev–Trinajstić information content (AvgIpc) is 2.47. The van der Waals surface area contributed by atoms with Gasteiger partial charge in [0.25, 0.3) is 5.56 Å². The predicted octanol–water partition coefficient (Wildman–Crippen LogP) is 2.28. The van der Waals surface area contributed by atoms with E-state index in [2.05, 4.69) is 25.9 Å². The van der Waals surface area contributed by atoms with Gasteiger partial charge in [0, 0.05) is 12.0 Å². The highest BCUT2D eigenvalue weighted by atomic mass is 79.9. The molecule has 20 heavy (non-hydrogen) atoms. The van der Waals surface area contributed by atoms with E-state index < -0.39 is 0 Å². The molecule has 0 aliphatic carbocycles. The number of hydrogen-bond donors (Lipinski definition) is 1. The van der Waals surface area contributed by atoms with Crippen LogP contribution in [0.4, 0.5) is 0 Å². The number of H-pyrrole nitrogens is 1. The first-order valence-corrected chi connectivity index (χ1v) is 7.02. The SMILES string of the molecule is COc1ccc(-c2nc3c(c(=O)[nH]2)COCC3)cc1Br. The number of nitrogens with zero attached hydrogens (tertiary/aromatic N) is 1. The molecule has 1 aliphatic rings. The zero-order valence-electron chi connectivity index (χ0n) is 10.9. The largest absolute Gasteiger partial charge is 0.496 e. The van der Waals surface area contributed by atoms with E-state index in [1.807, 2.05) is 18.2 Å². The van der Waals surface area contributed by atoms with Gasteiger partial charge >= 0.3 is 0 Å². The maximum Gasteiger partial charge on any atom is 0.256 e. The Morgan fingerprint density at radius 3 is 3.05 bits per heavy atom. The highest BCUT2D eigenvalue weighted by Gasteiger charge is 2.16. The molecule has 0 saturated carbocycles. The highest BCUT2D eigenvalue weighted by Crippen LogP contribution is 2.29. The molecule has 1 N–H and O–H groups in total. The second-order valence-corrected chi connectivity index (χ2v) is 5.35. The third kappa shape index (κ3) is 2.36. The molecule has 0 spiro atoms. The van der Waals surface area contributed by atoms with Gasteiger partial charge in [-0.05, 0) is 34.1 Å². The van der Waals surface area contributed by atoms with Gasteiger partial charge in [-0.3, -0.25) is 4.79 Å². The Labute approximate surface area is 124 Å². The van der Waals surface area contributed by atoms with Gasteiger partial charge in [0.05, 0.1) is 36.1 Å². The Kier molecular flexibility index (Phi) is 3.58. The van der Waals surface area contributed by atoms with Crippen molar-refractivity contribution in [2.24, 2.45) is 0 Å². The van der Waals surface area contributed by atoms with E-state index in [1.54, 1.807) is 7.11 Å². The van der Waals surface area contributed by atoms with Crippen LogP contribution in [0.5, 0.6) is 5.75 Å². The number of aromatic nitrogens is 2. The summed E-state index contributed by atoms with van der Waals surface area (Å²) in [6, 6.07) is 5.58. The lowest BCUT2D eigenvalue weighted by atomic mass is 10.1. The molecule has 6 heteroatoms. The summed E-state index contributed by atoms with van der Waals surface area (Å²) < 4.78 is 11.3. The van der Waals surface area contributed by atoms with Crippen LogP contribution < -0.4 is 10.3 Å². The molecule has 3 rings (SSSR count). The van der Waals surface area contributed by atoms with E-state index in [9.17, 15) is 4.79 Å². The molecule has 0 unspecified atom stereocenters. The van der Waals surface area contributed by atoms with Crippen molar-refractivity contribution in [3.05, 3.63) is 44.3 Å². The van der Waals surface area contributed by atoms with Crippen LogP contribution in [0.15, 0.2) is 27.5 Å². The average molecular weight is 337 g/mol. The maximum absolute atomic E-state index is 12.1. The first kappa shape index (κ1) is 13.3. The smallest absolute Gasteiger partial charge is 0.256 e. The van der Waals surface area contributed by atoms with E-state index in [1.165, 1.54) is 0 Å². The van der Waals surface area contributed by atoms with Crippen molar-refractivity contribution < 1.29 is 9.47 Å². The van der Waals surface area contributed by atoms with Gasteiger partial charge in [-0.1, -0.05) is 0 Å². The van der Waals surface area contributed by atoms with Crippen LogP contribution in [0.25, 0.3) is 11.4 Å². The van der Waals surface area contributed by atoms with Gasteiger partial charge in [-0.25, -0.2) is 4.98 Å². The number of halogens is 1. The van der Waals surface area contributed by atoms with Gasteiger partial charge < -0.3 is 14.5 Å². The summed E-state index contributed by atoms with van der Waals surface area (Å²) in [5.41, 5.74) is 2.16. The first-order valence-electron chi connectivity index (χ1n) is 6.23. The number of nitrogens with one attached hydrogen (secondary N) is 1. The fourth-order valence-corrected chi connectivity index (χ4v) is 2.73. The fourth-order valence-electron chi connectivity index (χ4n) is 2.19. The summed E-state index contributed by atoms with van der Waals surface area (Å²) in [6.45, 7) is 0.944. The lowest BCUT2D eigenvalue weighted by Gasteiger charge is -2.15. The molecule has 1 aliphatic heterocycles. The molecule has 0 atom stereocenters. The van der Waals surface area contributed by atoms with Crippen LogP contribution in [0.3, 0.4) is 0 Å². The molecule has 0 bridgehead atoms. The molecule has 0 saturated heterocycles. The lowest BCUT2D eigenvalue weighted by Crippen LogP contribution is -2.24. The van der Waals surface area contributed by atoms with Crippen LogP contribution in [0.1, 0.15) is 11.3 Å². The van der Waals surface area contributed by atoms with Crippen LogP contribution in [-0.4, -0.2) is 23.7 Å². The minimum Gasteiger partial charge on any atom is -0.496 e. The predicted molar refractivity (Wildman–Crippen MR) is 77.9 cm³/mol. The van der Waals surface area contributed by atoms with Crippen LogP contribution in [-0.2, 0) is 17.8 Å². The van der Waals surface area contributed by atoms with Crippen LogP contribution in [0, 0.1) is 0 Å². The zero-order chi connectivity index (χ0) is 14.1. The highest BCUT2D eigenvalue weighted by molar-refractivity contribution is 9.10. The number of hydrogen-bond acceptors (Lipinski definition) is 4. The van der Waals surface area contributed by atoms with Crippen molar-refractivity contribution in [3.8, 4) is 17.1 Å². The minimum absolute atomic E-state index is 0.128. The molecule has 0 radical (unpaired) electrons.